The Morgan fingerprint density at radius 3 is 2.59 bits per heavy atom. The van der Waals surface area contributed by atoms with Crippen LogP contribution in [0.4, 0.5) is 10.2 Å². The zero-order valence-electron chi connectivity index (χ0n) is 25.4. The third-order valence-electron chi connectivity index (χ3n) is 8.54. The smallest absolute Gasteiger partial charge is 0.257 e. The van der Waals surface area contributed by atoms with Gasteiger partial charge < -0.3 is 30.1 Å². The molecule has 2 saturated heterocycles. The van der Waals surface area contributed by atoms with Gasteiger partial charge in [-0.15, -0.1) is 0 Å². The summed E-state index contributed by atoms with van der Waals surface area (Å²) in [4.78, 5) is 63.4. The van der Waals surface area contributed by atoms with E-state index in [4.69, 9.17) is 4.74 Å². The van der Waals surface area contributed by atoms with Crippen molar-refractivity contribution in [1.82, 2.24) is 25.4 Å². The Kier molecular flexibility index (Phi) is 10.1. The van der Waals surface area contributed by atoms with Crippen LogP contribution in [0.3, 0.4) is 0 Å². The molecule has 3 aliphatic rings. The van der Waals surface area contributed by atoms with Crippen LogP contribution < -0.4 is 15.5 Å². The third kappa shape index (κ3) is 7.35. The lowest BCUT2D eigenvalue weighted by Crippen LogP contribution is -2.54. The highest BCUT2D eigenvalue weighted by atomic mass is 19.1. The molecule has 0 spiro atoms. The molecule has 236 valence electrons. The molecule has 5 rings (SSSR count). The van der Waals surface area contributed by atoms with Crippen molar-refractivity contribution in [1.29, 1.82) is 0 Å². The first kappa shape index (κ1) is 31.4. The fourth-order valence-electron chi connectivity index (χ4n) is 5.91. The summed E-state index contributed by atoms with van der Waals surface area (Å²) in [6.07, 6.45) is 3.67. The number of hydrogen-bond donors (Lipinski definition) is 2. The van der Waals surface area contributed by atoms with E-state index < -0.39 is 23.8 Å². The second kappa shape index (κ2) is 14.1. The molecule has 2 atom stereocenters. The second-order valence-corrected chi connectivity index (χ2v) is 12.0. The highest BCUT2D eigenvalue weighted by Crippen LogP contribution is 2.24. The van der Waals surface area contributed by atoms with Gasteiger partial charge in [0.05, 0.1) is 30.9 Å². The van der Waals surface area contributed by atoms with Gasteiger partial charge in [-0.25, -0.2) is 9.37 Å². The molecule has 0 unspecified atom stereocenters. The quantitative estimate of drug-likeness (QED) is 0.547. The van der Waals surface area contributed by atoms with Gasteiger partial charge >= 0.3 is 0 Å². The third-order valence-corrected chi connectivity index (χ3v) is 8.54. The summed E-state index contributed by atoms with van der Waals surface area (Å²) < 4.78 is 20.2. The van der Waals surface area contributed by atoms with Crippen LogP contribution in [0.15, 0.2) is 36.5 Å². The summed E-state index contributed by atoms with van der Waals surface area (Å²) in [5, 5.41) is 5.92. The zero-order valence-corrected chi connectivity index (χ0v) is 25.4. The monoisotopic (exact) mass is 608 g/mol. The minimum Gasteiger partial charge on any atom is -0.378 e. The minimum atomic E-state index is -0.758. The first-order chi connectivity index (χ1) is 21.2. The van der Waals surface area contributed by atoms with Gasteiger partial charge in [-0.2, -0.15) is 0 Å². The molecule has 2 aromatic rings. The highest BCUT2D eigenvalue weighted by Gasteiger charge is 2.37. The van der Waals surface area contributed by atoms with Gasteiger partial charge in [-0.1, -0.05) is 19.9 Å². The van der Waals surface area contributed by atoms with Gasteiger partial charge in [0.2, 0.25) is 11.8 Å². The van der Waals surface area contributed by atoms with Crippen molar-refractivity contribution in [2.45, 2.75) is 51.6 Å². The molecule has 12 heteroatoms. The van der Waals surface area contributed by atoms with Crippen molar-refractivity contribution in [3.8, 4) is 0 Å². The van der Waals surface area contributed by atoms with Gasteiger partial charge in [-0.3, -0.25) is 19.2 Å². The largest absolute Gasteiger partial charge is 0.378 e. The fourth-order valence-corrected chi connectivity index (χ4v) is 5.91. The predicted octanol–water partition coefficient (Wildman–Crippen LogP) is 2.01. The topological polar surface area (TPSA) is 124 Å². The molecule has 4 amide bonds. The van der Waals surface area contributed by atoms with E-state index >= 15 is 0 Å². The van der Waals surface area contributed by atoms with Crippen LogP contribution in [0, 0.1) is 11.7 Å². The first-order valence-electron chi connectivity index (χ1n) is 15.5. The number of benzene rings is 1. The Hall–Kier alpha value is -4.06. The van der Waals surface area contributed by atoms with Crippen LogP contribution >= 0.6 is 0 Å². The maximum absolute atomic E-state index is 14.8. The van der Waals surface area contributed by atoms with E-state index in [1.807, 2.05) is 13.8 Å². The van der Waals surface area contributed by atoms with Crippen molar-refractivity contribution in [2.75, 3.05) is 57.4 Å². The SMILES string of the molecule is CC(C)[C@@H]1CN(C(=O)c2ccc(N3CCOCC3)nc2)CC(=O)NCCCc2ccc(F)c(c2)C(=O)N2CCC[C@H]2C(=O)N1. The van der Waals surface area contributed by atoms with Crippen molar-refractivity contribution < 1.29 is 28.3 Å². The number of anilines is 1. The molecule has 4 heterocycles. The average Bonchev–Trinajstić information content (AvgIpc) is 3.53. The number of nitrogens with one attached hydrogen (secondary N) is 2. The van der Waals surface area contributed by atoms with E-state index in [-0.39, 0.29) is 42.3 Å². The number of carbonyl (C=O) groups excluding carboxylic acids is 4. The Morgan fingerprint density at radius 1 is 1.07 bits per heavy atom. The number of morpholine rings is 1. The van der Waals surface area contributed by atoms with Gasteiger partial charge in [-0.05, 0) is 61.4 Å². The van der Waals surface area contributed by atoms with Crippen molar-refractivity contribution >= 4 is 29.4 Å². The number of fused-ring (bicyclic) bond motifs is 3. The summed E-state index contributed by atoms with van der Waals surface area (Å²) in [6.45, 7) is 7.08. The number of nitrogens with zero attached hydrogens (tertiary/aromatic N) is 4. The van der Waals surface area contributed by atoms with Crippen molar-refractivity contribution in [3.63, 3.8) is 0 Å². The zero-order chi connectivity index (χ0) is 31.2. The summed E-state index contributed by atoms with van der Waals surface area (Å²) in [5.41, 5.74) is 1.04. The van der Waals surface area contributed by atoms with E-state index in [2.05, 4.69) is 20.5 Å². The van der Waals surface area contributed by atoms with Crippen LogP contribution in [-0.2, 0) is 20.7 Å². The Labute approximate surface area is 257 Å². The second-order valence-electron chi connectivity index (χ2n) is 12.0. The molecule has 11 nitrogen and oxygen atoms in total. The van der Waals surface area contributed by atoms with Crippen LogP contribution in [0.25, 0.3) is 0 Å². The van der Waals surface area contributed by atoms with Gasteiger partial charge in [0, 0.05) is 45.0 Å². The number of aryl methyl sites for hydroxylation is 1. The maximum Gasteiger partial charge on any atom is 0.257 e. The van der Waals surface area contributed by atoms with Crippen LogP contribution in [-0.4, -0.2) is 103 Å². The van der Waals surface area contributed by atoms with Crippen LogP contribution in [0.2, 0.25) is 0 Å². The number of halogens is 1. The lowest BCUT2D eigenvalue weighted by atomic mass is 10.0. The lowest BCUT2D eigenvalue weighted by molar-refractivity contribution is -0.126. The molecule has 0 radical (unpaired) electrons. The molecule has 2 N–H and O–H groups in total. The molecule has 1 aromatic heterocycles. The van der Waals surface area contributed by atoms with Crippen molar-refractivity contribution in [2.24, 2.45) is 5.92 Å². The molecular formula is C32H41FN6O5. The maximum atomic E-state index is 14.8. The molecule has 2 bridgehead atoms. The van der Waals surface area contributed by atoms with Gasteiger partial charge in [0.15, 0.2) is 0 Å². The summed E-state index contributed by atoms with van der Waals surface area (Å²) >= 11 is 0. The highest BCUT2D eigenvalue weighted by molar-refractivity contribution is 5.99. The number of ether oxygens (including phenoxy) is 1. The summed E-state index contributed by atoms with van der Waals surface area (Å²) in [6, 6.07) is 6.69. The Balaban J connectivity index is 1.39. The predicted molar refractivity (Wildman–Crippen MR) is 162 cm³/mol. The number of aromatic nitrogens is 1. The van der Waals surface area contributed by atoms with Crippen molar-refractivity contribution in [3.05, 3.63) is 59.0 Å². The van der Waals surface area contributed by atoms with E-state index in [9.17, 15) is 23.6 Å². The van der Waals surface area contributed by atoms with Gasteiger partial charge in [0.1, 0.15) is 17.7 Å². The number of carbonyl (C=O) groups is 4. The Bertz CT molecular complexity index is 1360. The Morgan fingerprint density at radius 2 is 1.86 bits per heavy atom. The molecule has 2 fully saturated rings. The number of amides is 4. The standard InChI is InChI=1S/C32H41FN6O5/c1-21(2)26-19-38(31(42)23-8-10-28(35-18-23)37-13-15-44-16-14-37)20-29(40)34-11-3-5-22-7-9-25(33)24(17-22)32(43)39-12-4-6-27(39)30(41)36-26/h7-10,17-18,21,26-27H,3-6,11-16,19-20H2,1-2H3,(H,34,40)(H,36,41)/t26-,27-/m0/s1. The number of pyridine rings is 1. The van der Waals surface area contributed by atoms with Crippen LogP contribution in [0.1, 0.15) is 59.4 Å². The average molecular weight is 609 g/mol. The van der Waals surface area contributed by atoms with Crippen LogP contribution in [0.5, 0.6) is 0 Å². The van der Waals surface area contributed by atoms with E-state index in [0.29, 0.717) is 70.6 Å². The minimum absolute atomic E-state index is 0.0546. The molecule has 44 heavy (non-hydrogen) atoms. The number of rotatable bonds is 3. The molecular weight excluding hydrogens is 567 g/mol. The number of hydrogen-bond acceptors (Lipinski definition) is 7. The first-order valence-corrected chi connectivity index (χ1v) is 15.5. The summed E-state index contributed by atoms with van der Waals surface area (Å²) in [5.74, 6) is -1.54. The lowest BCUT2D eigenvalue weighted by Gasteiger charge is -2.32. The molecule has 3 aliphatic heterocycles. The van der Waals surface area contributed by atoms with E-state index in [1.54, 1.807) is 24.3 Å². The molecule has 1 aromatic carbocycles. The summed E-state index contributed by atoms with van der Waals surface area (Å²) in [7, 11) is 0. The molecule has 0 saturated carbocycles. The van der Waals surface area contributed by atoms with Gasteiger partial charge in [0.25, 0.3) is 11.8 Å². The van der Waals surface area contributed by atoms with E-state index in [1.165, 1.54) is 22.1 Å². The van der Waals surface area contributed by atoms with E-state index in [0.717, 1.165) is 11.4 Å². The normalized spacial score (nSPS) is 22.4. The fraction of sp³-hybridized carbons (Fsp3) is 0.531. The molecule has 0 aliphatic carbocycles.